The van der Waals surface area contributed by atoms with Gasteiger partial charge in [0.1, 0.15) is 12.3 Å². The Hall–Kier alpha value is -2.12. The van der Waals surface area contributed by atoms with Crippen molar-refractivity contribution < 1.29 is 65.9 Å². The van der Waals surface area contributed by atoms with Crippen molar-refractivity contribution in [2.24, 2.45) is 11.3 Å². The van der Waals surface area contributed by atoms with E-state index in [-0.39, 0.29) is 58.4 Å². The summed E-state index contributed by atoms with van der Waals surface area (Å²) in [5, 5.41) is 24.0. The summed E-state index contributed by atoms with van der Waals surface area (Å²) in [6, 6.07) is 1.88. The van der Waals surface area contributed by atoms with Gasteiger partial charge in [0.25, 0.3) is 6.35 Å². The standard InChI is InChI=1S/C20H32N6O3P.C16H24N2O4.CH4.Y/c1-22-19-17(18(21)25-12-20(13-25)6-3-7-24(2)11-20)9-23-26(19)16-5-4-15(8-16)10-29-14-30(27)28;1-2-9-20-10-4-3-5-11-21-13-14-22-12-8-18-7-6-16(15-19)17-18;;/h9,15-16H,3-8,10-14H2,1-2H3,(H,27,28);1,6-7,15H,3-5,8-14H2;1H4;/q-1;;;. The largest absolute Gasteiger partial charge is 0.534 e. The fourth-order valence-electron chi connectivity index (χ4n) is 7.28. The van der Waals surface area contributed by atoms with Gasteiger partial charge >= 0.3 is 8.03 Å². The number of likely N-dealkylation sites (tertiary alicyclic amines) is 2. The summed E-state index contributed by atoms with van der Waals surface area (Å²) in [4.78, 5) is 23.8. The predicted molar refractivity (Wildman–Crippen MR) is 206 cm³/mol. The zero-order valence-electron chi connectivity index (χ0n) is 31.4. The van der Waals surface area contributed by atoms with Gasteiger partial charge in [0.05, 0.1) is 33.0 Å². The number of aldehydes is 1. The monoisotopic (exact) mass is 848 g/mol. The van der Waals surface area contributed by atoms with Gasteiger partial charge in [-0.1, -0.05) is 26.2 Å². The van der Waals surface area contributed by atoms with Crippen LogP contribution in [0.5, 0.6) is 0 Å². The molecule has 17 heteroatoms. The van der Waals surface area contributed by atoms with Crippen LogP contribution in [0.4, 0.5) is 5.82 Å². The fraction of sp³-hybridized carbons (Fsp3) is 0.730. The number of ether oxygens (including phenoxy) is 4. The smallest absolute Gasteiger partial charge is 0.467 e. The maximum atomic E-state index is 11.0. The molecule has 3 fully saturated rings. The van der Waals surface area contributed by atoms with Crippen LogP contribution in [-0.4, -0.2) is 139 Å². The Morgan fingerprint density at radius 3 is 2.54 bits per heavy atom. The summed E-state index contributed by atoms with van der Waals surface area (Å²) >= 11 is 0. The number of amidine groups is 1. The Kier molecular flexibility index (Phi) is 23.1. The van der Waals surface area contributed by atoms with Crippen LogP contribution in [-0.2, 0) is 62.8 Å². The third-order valence-electron chi connectivity index (χ3n) is 9.72. The Labute approximate surface area is 347 Å². The quantitative estimate of drug-likeness (QED) is 0.0444. The Balaban J connectivity index is 0.000000378. The molecular weight excluding hydrogens is 788 g/mol. The van der Waals surface area contributed by atoms with Crippen LogP contribution in [0.1, 0.15) is 80.9 Å². The van der Waals surface area contributed by atoms with Crippen LogP contribution in [0, 0.1) is 23.7 Å². The summed E-state index contributed by atoms with van der Waals surface area (Å²) in [5.74, 6) is 3.79. The van der Waals surface area contributed by atoms with Crippen molar-refractivity contribution in [3.05, 3.63) is 40.4 Å². The fourth-order valence-corrected chi connectivity index (χ4v) is 7.54. The number of terminal acetylenes is 1. The van der Waals surface area contributed by atoms with E-state index >= 15 is 0 Å². The van der Waals surface area contributed by atoms with Gasteiger partial charge in [0.2, 0.25) is 0 Å². The van der Waals surface area contributed by atoms with Crippen molar-refractivity contribution in [3.63, 3.8) is 0 Å². The first-order valence-electron chi connectivity index (χ1n) is 18.3. The van der Waals surface area contributed by atoms with Crippen molar-refractivity contribution >= 4 is 26.0 Å². The van der Waals surface area contributed by atoms with Crippen molar-refractivity contribution in [1.82, 2.24) is 29.4 Å². The molecular formula is C37H60N8O7PY-. The van der Waals surface area contributed by atoms with Gasteiger partial charge in [-0.2, -0.15) is 9.99 Å². The van der Waals surface area contributed by atoms with E-state index in [0.717, 1.165) is 83.4 Å². The molecule has 3 unspecified atom stereocenters. The molecule has 1 saturated carbocycles. The van der Waals surface area contributed by atoms with Gasteiger partial charge in [-0.05, 0) is 117 Å². The van der Waals surface area contributed by atoms with E-state index in [0.29, 0.717) is 68.8 Å². The van der Waals surface area contributed by atoms with Crippen LogP contribution in [0.2, 0.25) is 0 Å². The molecule has 2 aromatic heterocycles. The van der Waals surface area contributed by atoms with E-state index in [2.05, 4.69) is 38.3 Å². The second kappa shape index (κ2) is 25.9. The molecule has 299 valence electrons. The first-order chi connectivity index (χ1) is 25.3. The number of rotatable bonds is 21. The molecule has 0 aromatic carbocycles. The van der Waals surface area contributed by atoms with E-state index in [1.54, 1.807) is 30.2 Å². The number of hydrogen-bond donors (Lipinski definition) is 1. The molecule has 15 nitrogen and oxygen atoms in total. The van der Waals surface area contributed by atoms with E-state index in [1.165, 1.54) is 12.8 Å². The minimum absolute atomic E-state index is 0. The number of hydrogen-bond acceptors (Lipinski definition) is 9. The van der Waals surface area contributed by atoms with E-state index in [4.69, 9.17) is 30.3 Å². The van der Waals surface area contributed by atoms with Gasteiger partial charge in [-0.15, -0.1) is 6.42 Å². The first-order valence-corrected chi connectivity index (χ1v) is 19.7. The van der Waals surface area contributed by atoms with Crippen LogP contribution in [0.25, 0.3) is 10.7 Å². The molecule has 0 amide bonds. The third kappa shape index (κ3) is 15.4. The second-order valence-electron chi connectivity index (χ2n) is 13.9. The van der Waals surface area contributed by atoms with E-state index < -0.39 is 8.03 Å². The molecule has 3 atom stereocenters. The molecule has 54 heavy (non-hydrogen) atoms. The molecule has 5 rings (SSSR count). The van der Waals surface area contributed by atoms with Crippen molar-refractivity contribution in [2.75, 3.05) is 92.9 Å². The summed E-state index contributed by atoms with van der Waals surface area (Å²) < 4.78 is 35.8. The number of carbonyl (C=O) groups is 1. The molecule has 1 spiro atoms. The molecule has 0 bridgehead atoms. The summed E-state index contributed by atoms with van der Waals surface area (Å²) in [7, 11) is 1.67. The van der Waals surface area contributed by atoms with Crippen molar-refractivity contribution in [3.8, 4) is 12.3 Å². The average Bonchev–Trinajstić information content (AvgIpc) is 3.89. The molecule has 2 aliphatic heterocycles. The van der Waals surface area contributed by atoms with Gasteiger partial charge in [0.15, 0.2) is 6.29 Å². The summed E-state index contributed by atoms with van der Waals surface area (Å²) in [6.45, 7) is 8.69. The number of nitrogens with zero attached hydrogens (tertiary/aromatic N) is 8. The first kappa shape index (κ1) is 48.0. The molecule has 1 aliphatic carbocycles. The Bertz CT molecular complexity index is 1450. The minimum atomic E-state index is -2.24. The number of aromatic nitrogens is 4. The zero-order valence-corrected chi connectivity index (χ0v) is 35.1. The summed E-state index contributed by atoms with van der Waals surface area (Å²) in [5.41, 5.74) is 1.44. The number of unbranched alkanes of at least 4 members (excludes halogenated alkanes) is 2. The Morgan fingerprint density at radius 1 is 1.13 bits per heavy atom. The Morgan fingerprint density at radius 2 is 1.87 bits per heavy atom. The topological polar surface area (TPSA) is 170 Å². The minimum Gasteiger partial charge on any atom is -0.467 e. The SMILES string of the molecule is C.C#CCOCCCCCOCCOCCn1ccc(C=O)n1.C[N-]c1c(C(=[N-])N2CC3(CCCN(C)C3)C2)cnn1C1CCC(COC[P+](=O)O)C1.[Y]. The van der Waals surface area contributed by atoms with Crippen LogP contribution < -0.4 is 0 Å². The average molecular weight is 849 g/mol. The molecule has 1 radical (unpaired) electrons. The predicted octanol–water partition coefficient (Wildman–Crippen LogP) is 5.09. The van der Waals surface area contributed by atoms with E-state index in [1.807, 2.05) is 4.68 Å². The maximum Gasteiger partial charge on any atom is 0.534 e. The van der Waals surface area contributed by atoms with Gasteiger partial charge in [-0.3, -0.25) is 14.6 Å². The second-order valence-corrected chi connectivity index (χ2v) is 14.9. The molecule has 3 aliphatic rings. The molecule has 4 heterocycles. The molecule has 1 N–H and O–H groups in total. The third-order valence-corrected chi connectivity index (χ3v) is 10.1. The summed E-state index contributed by atoms with van der Waals surface area (Å²) in [6.07, 6.45) is 17.6. The number of carbonyl (C=O) groups excluding carboxylic acids is 1. The number of piperidine rings is 1. The van der Waals surface area contributed by atoms with E-state index in [9.17, 15) is 14.8 Å². The zero-order chi connectivity index (χ0) is 37.2. The van der Waals surface area contributed by atoms with Gasteiger partial charge in [-0.25, -0.2) is 0 Å². The van der Waals surface area contributed by atoms with Gasteiger partial charge < -0.3 is 44.2 Å². The maximum absolute atomic E-state index is 11.0. The van der Waals surface area contributed by atoms with Crippen LogP contribution in [0.3, 0.4) is 0 Å². The van der Waals surface area contributed by atoms with Crippen molar-refractivity contribution in [1.29, 1.82) is 0 Å². The van der Waals surface area contributed by atoms with Crippen LogP contribution >= 0.6 is 8.03 Å². The normalized spacial score (nSPS) is 19.1. The van der Waals surface area contributed by atoms with Crippen LogP contribution in [0.15, 0.2) is 18.5 Å². The van der Waals surface area contributed by atoms with Crippen molar-refractivity contribution in [2.45, 2.75) is 71.4 Å². The molecule has 2 saturated heterocycles. The van der Waals surface area contributed by atoms with Gasteiger partial charge in [0, 0.05) is 64.9 Å². The molecule has 2 aromatic rings.